The lowest BCUT2D eigenvalue weighted by Gasteiger charge is -2.15. The molecule has 1 aromatic carbocycles. The van der Waals surface area contributed by atoms with Crippen molar-refractivity contribution in [1.82, 2.24) is 5.32 Å². The molecular weight excluding hydrogens is 297 g/mol. The first-order valence-corrected chi connectivity index (χ1v) is 7.22. The quantitative estimate of drug-likeness (QED) is 0.769. The summed E-state index contributed by atoms with van der Waals surface area (Å²) in [4.78, 5) is 0. The van der Waals surface area contributed by atoms with E-state index in [0.29, 0.717) is 18.0 Å². The Balaban J connectivity index is 2.39. The summed E-state index contributed by atoms with van der Waals surface area (Å²) in [6.45, 7) is 3.71. The number of hydrogen-bond acceptors (Lipinski definition) is 2. The molecule has 2 N–H and O–H groups in total. The highest BCUT2D eigenvalue weighted by Crippen LogP contribution is 2.15. The molecule has 0 aromatic heterocycles. The van der Waals surface area contributed by atoms with Gasteiger partial charge in [0, 0.05) is 23.2 Å². The average molecular weight is 318 g/mol. The molecule has 0 bridgehead atoms. The first kappa shape index (κ1) is 15.6. The van der Waals surface area contributed by atoms with E-state index in [1.807, 2.05) is 6.07 Å². The van der Waals surface area contributed by atoms with E-state index < -0.39 is 0 Å². The zero-order valence-corrected chi connectivity index (χ0v) is 12.3. The molecular formula is C14H21BrFNO. The van der Waals surface area contributed by atoms with Gasteiger partial charge in [0.05, 0.1) is 0 Å². The normalized spacial score (nSPS) is 12.7. The molecule has 0 aliphatic carbocycles. The van der Waals surface area contributed by atoms with Crippen LogP contribution in [0.4, 0.5) is 4.39 Å². The molecule has 4 heteroatoms. The Morgan fingerprint density at radius 1 is 1.39 bits per heavy atom. The lowest BCUT2D eigenvalue weighted by molar-refractivity contribution is 0.248. The Hall–Kier alpha value is -0.450. The van der Waals surface area contributed by atoms with Gasteiger partial charge in [-0.25, -0.2) is 4.39 Å². The minimum absolute atomic E-state index is 0.189. The standard InChI is InChI=1S/C14H21BrFNO/c1-2-3-11(6-7-18)9-17-10-12-4-5-13(15)8-14(12)16/h4-5,8,11,17-18H,2-3,6-7,9-10H2,1H3. The number of benzene rings is 1. The first-order chi connectivity index (χ1) is 8.67. The number of rotatable bonds is 8. The van der Waals surface area contributed by atoms with Gasteiger partial charge in [0.25, 0.3) is 0 Å². The van der Waals surface area contributed by atoms with Crippen molar-refractivity contribution in [1.29, 1.82) is 0 Å². The van der Waals surface area contributed by atoms with Gasteiger partial charge in [-0.15, -0.1) is 0 Å². The van der Waals surface area contributed by atoms with Gasteiger partial charge in [0.15, 0.2) is 0 Å². The summed E-state index contributed by atoms with van der Waals surface area (Å²) in [6.07, 6.45) is 3.01. The first-order valence-electron chi connectivity index (χ1n) is 6.42. The number of aliphatic hydroxyl groups excluding tert-OH is 1. The molecule has 1 aromatic rings. The van der Waals surface area contributed by atoms with Crippen molar-refractivity contribution < 1.29 is 9.50 Å². The smallest absolute Gasteiger partial charge is 0.128 e. The van der Waals surface area contributed by atoms with Gasteiger partial charge in [0.2, 0.25) is 0 Å². The topological polar surface area (TPSA) is 32.3 Å². The molecule has 0 amide bonds. The molecule has 0 heterocycles. The van der Waals surface area contributed by atoms with E-state index in [1.165, 1.54) is 6.07 Å². The summed E-state index contributed by atoms with van der Waals surface area (Å²) >= 11 is 3.24. The van der Waals surface area contributed by atoms with E-state index in [1.54, 1.807) is 6.07 Å². The third kappa shape index (κ3) is 5.46. The third-order valence-corrected chi connectivity index (χ3v) is 3.49. The van der Waals surface area contributed by atoms with Crippen LogP contribution in [0.3, 0.4) is 0 Å². The van der Waals surface area contributed by atoms with Crippen LogP contribution < -0.4 is 5.32 Å². The van der Waals surface area contributed by atoms with Gasteiger partial charge in [-0.3, -0.25) is 0 Å². The van der Waals surface area contributed by atoms with Crippen molar-refractivity contribution in [3.8, 4) is 0 Å². The van der Waals surface area contributed by atoms with E-state index in [0.717, 1.165) is 30.3 Å². The second kappa shape index (κ2) is 8.62. The fraction of sp³-hybridized carbons (Fsp3) is 0.571. The van der Waals surface area contributed by atoms with Gasteiger partial charge in [-0.2, -0.15) is 0 Å². The highest BCUT2D eigenvalue weighted by Gasteiger charge is 2.08. The predicted octanol–water partition coefficient (Wildman–Crippen LogP) is 3.48. The highest BCUT2D eigenvalue weighted by molar-refractivity contribution is 9.10. The van der Waals surface area contributed by atoms with E-state index in [2.05, 4.69) is 28.2 Å². The number of hydrogen-bond donors (Lipinski definition) is 2. The summed E-state index contributed by atoms with van der Waals surface area (Å²) in [5.41, 5.74) is 0.678. The molecule has 18 heavy (non-hydrogen) atoms. The molecule has 0 fully saturated rings. The van der Waals surface area contributed by atoms with E-state index >= 15 is 0 Å². The van der Waals surface area contributed by atoms with E-state index in [9.17, 15) is 4.39 Å². The number of halogens is 2. The maximum Gasteiger partial charge on any atom is 0.128 e. The predicted molar refractivity (Wildman–Crippen MR) is 75.9 cm³/mol. The Labute approximate surface area is 117 Å². The van der Waals surface area contributed by atoms with Gasteiger partial charge in [-0.05, 0) is 37.4 Å². The van der Waals surface area contributed by atoms with Crippen molar-refractivity contribution in [2.24, 2.45) is 5.92 Å². The van der Waals surface area contributed by atoms with Crippen molar-refractivity contribution in [2.75, 3.05) is 13.2 Å². The van der Waals surface area contributed by atoms with E-state index in [4.69, 9.17) is 5.11 Å². The molecule has 0 aliphatic heterocycles. The fourth-order valence-corrected chi connectivity index (χ4v) is 2.35. The van der Waals surface area contributed by atoms with E-state index in [-0.39, 0.29) is 12.4 Å². The maximum absolute atomic E-state index is 13.6. The second-order valence-electron chi connectivity index (χ2n) is 4.53. The fourth-order valence-electron chi connectivity index (χ4n) is 2.02. The summed E-state index contributed by atoms with van der Waals surface area (Å²) < 4.78 is 14.3. The molecule has 0 saturated carbocycles. The van der Waals surface area contributed by atoms with Crippen LogP contribution in [0.2, 0.25) is 0 Å². The molecule has 102 valence electrons. The van der Waals surface area contributed by atoms with Crippen LogP contribution in [0.1, 0.15) is 31.7 Å². The zero-order valence-electron chi connectivity index (χ0n) is 10.8. The van der Waals surface area contributed by atoms with Crippen molar-refractivity contribution in [3.05, 3.63) is 34.1 Å². The van der Waals surface area contributed by atoms with Crippen molar-refractivity contribution in [3.63, 3.8) is 0 Å². The third-order valence-electron chi connectivity index (χ3n) is 3.00. The van der Waals surface area contributed by atoms with Gasteiger partial charge >= 0.3 is 0 Å². The molecule has 0 spiro atoms. The SMILES string of the molecule is CCCC(CCO)CNCc1ccc(Br)cc1F. The molecule has 0 saturated heterocycles. The Morgan fingerprint density at radius 2 is 2.17 bits per heavy atom. The molecule has 1 rings (SSSR count). The highest BCUT2D eigenvalue weighted by atomic mass is 79.9. The number of nitrogens with one attached hydrogen (secondary N) is 1. The second-order valence-corrected chi connectivity index (χ2v) is 5.45. The Bertz CT molecular complexity index is 354. The van der Waals surface area contributed by atoms with Crippen LogP contribution >= 0.6 is 15.9 Å². The minimum Gasteiger partial charge on any atom is -0.396 e. The van der Waals surface area contributed by atoms with Gasteiger partial charge in [0.1, 0.15) is 5.82 Å². The van der Waals surface area contributed by atoms with Gasteiger partial charge < -0.3 is 10.4 Å². The average Bonchev–Trinajstić information content (AvgIpc) is 2.32. The van der Waals surface area contributed by atoms with Crippen LogP contribution in [0, 0.1) is 11.7 Å². The Kier molecular flexibility index (Phi) is 7.47. The van der Waals surface area contributed by atoms with Crippen LogP contribution in [0.5, 0.6) is 0 Å². The molecule has 1 unspecified atom stereocenters. The number of aliphatic hydroxyl groups is 1. The van der Waals surface area contributed by atoms with Gasteiger partial charge in [-0.1, -0.05) is 35.3 Å². The summed E-state index contributed by atoms with van der Waals surface area (Å²) in [7, 11) is 0. The molecule has 0 radical (unpaired) electrons. The lowest BCUT2D eigenvalue weighted by Crippen LogP contribution is -2.23. The monoisotopic (exact) mass is 317 g/mol. The largest absolute Gasteiger partial charge is 0.396 e. The Morgan fingerprint density at radius 3 is 2.78 bits per heavy atom. The lowest BCUT2D eigenvalue weighted by atomic mass is 10.0. The summed E-state index contributed by atoms with van der Waals surface area (Å²) in [5, 5.41) is 12.2. The van der Waals surface area contributed by atoms with Crippen molar-refractivity contribution >= 4 is 15.9 Å². The van der Waals surface area contributed by atoms with Crippen LogP contribution in [-0.4, -0.2) is 18.3 Å². The summed E-state index contributed by atoms with van der Waals surface area (Å²) in [5.74, 6) is 0.282. The van der Waals surface area contributed by atoms with Crippen LogP contribution in [0.25, 0.3) is 0 Å². The summed E-state index contributed by atoms with van der Waals surface area (Å²) in [6, 6.07) is 5.11. The van der Waals surface area contributed by atoms with Crippen molar-refractivity contribution in [2.45, 2.75) is 32.7 Å². The van der Waals surface area contributed by atoms with Crippen LogP contribution in [-0.2, 0) is 6.54 Å². The molecule has 1 atom stereocenters. The maximum atomic E-state index is 13.6. The zero-order chi connectivity index (χ0) is 13.4. The molecule has 2 nitrogen and oxygen atoms in total. The minimum atomic E-state index is -0.189. The van der Waals surface area contributed by atoms with Crippen LogP contribution in [0.15, 0.2) is 22.7 Å². The molecule has 0 aliphatic rings.